The number of fused-ring (bicyclic) bond motifs is 2. The molecule has 1 atom stereocenters. The molecule has 1 amide bonds. The van der Waals surface area contributed by atoms with E-state index in [1.54, 1.807) is 25.1 Å². The van der Waals surface area contributed by atoms with E-state index in [0.29, 0.717) is 10.9 Å². The molecule has 0 aromatic heterocycles. The fourth-order valence-electron chi connectivity index (χ4n) is 2.31. The van der Waals surface area contributed by atoms with Crippen LogP contribution >= 0.6 is 12.2 Å². The van der Waals surface area contributed by atoms with E-state index in [1.807, 2.05) is 12.1 Å². The van der Waals surface area contributed by atoms with E-state index < -0.39 is 5.66 Å². The number of ether oxygens (including phenoxy) is 1. The molecule has 6 nitrogen and oxygen atoms in total. The number of hydrogen-bond acceptors (Lipinski definition) is 4. The summed E-state index contributed by atoms with van der Waals surface area (Å²) in [5.74, 6) is 0.526. The Labute approximate surface area is 109 Å². The molecular formula is C11H12N4O2S. The Morgan fingerprint density at radius 2 is 2.22 bits per heavy atom. The quantitative estimate of drug-likeness (QED) is 0.626. The van der Waals surface area contributed by atoms with Crippen LogP contribution in [0.2, 0.25) is 0 Å². The third-order valence-electron chi connectivity index (χ3n) is 3.35. The van der Waals surface area contributed by atoms with Crippen molar-refractivity contribution in [2.24, 2.45) is 0 Å². The summed E-state index contributed by atoms with van der Waals surface area (Å²) in [5, 5.41) is 3.31. The summed E-state index contributed by atoms with van der Waals surface area (Å²) in [6, 6.07) is 5.45. The average Bonchev–Trinajstić information content (AvgIpc) is 2.83. The minimum atomic E-state index is -0.999. The van der Waals surface area contributed by atoms with Gasteiger partial charge in [0.15, 0.2) is 5.11 Å². The van der Waals surface area contributed by atoms with Gasteiger partial charge in [0.25, 0.3) is 5.91 Å². The third-order valence-corrected chi connectivity index (χ3v) is 3.73. The van der Waals surface area contributed by atoms with E-state index in [4.69, 9.17) is 17.0 Å². The lowest BCUT2D eigenvalue weighted by Crippen LogP contribution is -2.53. The molecule has 1 aromatic rings. The fourth-order valence-corrected chi connectivity index (χ4v) is 2.50. The van der Waals surface area contributed by atoms with Crippen molar-refractivity contribution in [1.29, 1.82) is 0 Å². The summed E-state index contributed by atoms with van der Waals surface area (Å²) in [6.07, 6.45) is 0. The van der Waals surface area contributed by atoms with Gasteiger partial charge in [0, 0.05) is 18.3 Å². The maximum atomic E-state index is 12.3. The zero-order chi connectivity index (χ0) is 12.9. The molecule has 7 heteroatoms. The second-order valence-electron chi connectivity index (χ2n) is 4.19. The molecule has 3 rings (SSSR count). The Morgan fingerprint density at radius 1 is 1.44 bits per heavy atom. The summed E-state index contributed by atoms with van der Waals surface area (Å²) >= 11 is 5.14. The number of methoxy groups -OCH3 is 1. The summed E-state index contributed by atoms with van der Waals surface area (Å²) in [4.78, 5) is 14.0. The molecule has 1 fully saturated rings. The number of anilines is 1. The van der Waals surface area contributed by atoms with Crippen LogP contribution in [-0.4, -0.2) is 30.1 Å². The van der Waals surface area contributed by atoms with Crippen LogP contribution in [0.3, 0.4) is 0 Å². The molecule has 0 aliphatic carbocycles. The lowest BCUT2D eigenvalue weighted by molar-refractivity contribution is -0.125. The molecule has 18 heavy (non-hydrogen) atoms. The molecule has 0 bridgehead atoms. The highest BCUT2D eigenvalue weighted by Gasteiger charge is 2.54. The number of carbonyl (C=O) groups excluding carboxylic acids is 1. The zero-order valence-corrected chi connectivity index (χ0v) is 10.7. The van der Waals surface area contributed by atoms with Gasteiger partial charge in [-0.05, 0) is 30.4 Å². The second kappa shape index (κ2) is 3.56. The van der Waals surface area contributed by atoms with Gasteiger partial charge >= 0.3 is 0 Å². The first-order chi connectivity index (χ1) is 8.59. The Bertz CT molecular complexity index is 562. The molecule has 1 unspecified atom stereocenters. The van der Waals surface area contributed by atoms with Crippen molar-refractivity contribution in [1.82, 2.24) is 15.8 Å². The molecule has 0 radical (unpaired) electrons. The van der Waals surface area contributed by atoms with Gasteiger partial charge in [0.05, 0.1) is 7.11 Å². The maximum Gasteiger partial charge on any atom is 0.272 e. The van der Waals surface area contributed by atoms with Gasteiger partial charge in [-0.1, -0.05) is 0 Å². The SMILES string of the molecule is COc1ccc2c(c1)C1(NNC(=S)N1C)C(=O)N2. The Kier molecular flexibility index (Phi) is 2.23. The normalized spacial score (nSPS) is 25.1. The average molecular weight is 264 g/mol. The molecular weight excluding hydrogens is 252 g/mol. The first kappa shape index (κ1) is 11.2. The van der Waals surface area contributed by atoms with Crippen LogP contribution < -0.4 is 20.9 Å². The predicted molar refractivity (Wildman–Crippen MR) is 69.9 cm³/mol. The number of nitrogens with zero attached hydrogens (tertiary/aromatic N) is 1. The predicted octanol–water partition coefficient (Wildman–Crippen LogP) is 0.125. The van der Waals surface area contributed by atoms with Crippen molar-refractivity contribution < 1.29 is 9.53 Å². The van der Waals surface area contributed by atoms with E-state index in [1.165, 1.54) is 0 Å². The van der Waals surface area contributed by atoms with Crippen molar-refractivity contribution in [3.63, 3.8) is 0 Å². The number of nitrogens with one attached hydrogen (secondary N) is 3. The van der Waals surface area contributed by atoms with Gasteiger partial charge < -0.3 is 15.0 Å². The van der Waals surface area contributed by atoms with E-state index in [0.717, 1.165) is 11.3 Å². The van der Waals surface area contributed by atoms with Gasteiger partial charge in [-0.3, -0.25) is 10.2 Å². The van der Waals surface area contributed by atoms with Crippen molar-refractivity contribution >= 4 is 28.9 Å². The highest BCUT2D eigenvalue weighted by atomic mass is 32.1. The van der Waals surface area contributed by atoms with Crippen molar-refractivity contribution in [3.8, 4) is 5.75 Å². The van der Waals surface area contributed by atoms with Crippen LogP contribution in [0.5, 0.6) is 5.75 Å². The van der Waals surface area contributed by atoms with Crippen LogP contribution in [0.1, 0.15) is 5.56 Å². The molecule has 94 valence electrons. The van der Waals surface area contributed by atoms with Crippen LogP contribution in [0.4, 0.5) is 5.69 Å². The lowest BCUT2D eigenvalue weighted by Gasteiger charge is -2.28. The molecule has 2 heterocycles. The molecule has 1 spiro atoms. The van der Waals surface area contributed by atoms with Gasteiger partial charge in [-0.25, -0.2) is 0 Å². The topological polar surface area (TPSA) is 65.6 Å². The molecule has 2 aliphatic heterocycles. The van der Waals surface area contributed by atoms with Gasteiger partial charge in [-0.15, -0.1) is 0 Å². The summed E-state index contributed by atoms with van der Waals surface area (Å²) in [7, 11) is 3.36. The first-order valence-corrected chi connectivity index (χ1v) is 5.81. The van der Waals surface area contributed by atoms with Gasteiger partial charge in [-0.2, -0.15) is 5.43 Å². The standard InChI is InChI=1S/C11H12N4O2S/c1-15-10(18)13-14-11(15)7-5-6(17-2)3-4-8(7)12-9(11)16/h3-5,14H,1-2H3,(H,12,16)(H,13,18). The Morgan fingerprint density at radius 3 is 2.83 bits per heavy atom. The van der Waals surface area contributed by atoms with Crippen molar-refractivity contribution in [2.75, 3.05) is 19.5 Å². The highest BCUT2D eigenvalue weighted by Crippen LogP contribution is 2.41. The van der Waals surface area contributed by atoms with Crippen molar-refractivity contribution in [3.05, 3.63) is 23.8 Å². The Hall–Kier alpha value is -1.86. The van der Waals surface area contributed by atoms with Crippen LogP contribution in [0.15, 0.2) is 18.2 Å². The van der Waals surface area contributed by atoms with Gasteiger partial charge in [0.2, 0.25) is 5.66 Å². The smallest absolute Gasteiger partial charge is 0.272 e. The monoisotopic (exact) mass is 264 g/mol. The van der Waals surface area contributed by atoms with E-state index >= 15 is 0 Å². The minimum absolute atomic E-state index is 0.166. The molecule has 3 N–H and O–H groups in total. The highest BCUT2D eigenvalue weighted by molar-refractivity contribution is 7.80. The Balaban J connectivity index is 2.19. The number of hydrogen-bond donors (Lipinski definition) is 3. The number of likely N-dealkylation sites (N-methyl/N-ethyl adjacent to an activating group) is 1. The van der Waals surface area contributed by atoms with E-state index in [9.17, 15) is 4.79 Å². The van der Waals surface area contributed by atoms with E-state index in [2.05, 4.69) is 16.2 Å². The number of hydrazine groups is 1. The van der Waals surface area contributed by atoms with Crippen LogP contribution in [-0.2, 0) is 10.5 Å². The summed E-state index contributed by atoms with van der Waals surface area (Å²) < 4.78 is 5.20. The zero-order valence-electron chi connectivity index (χ0n) is 9.90. The van der Waals surface area contributed by atoms with Crippen molar-refractivity contribution in [2.45, 2.75) is 5.66 Å². The lowest BCUT2D eigenvalue weighted by atomic mass is 10.0. The largest absolute Gasteiger partial charge is 0.497 e. The number of benzene rings is 1. The molecule has 1 saturated heterocycles. The van der Waals surface area contributed by atoms with Crippen LogP contribution in [0.25, 0.3) is 0 Å². The fraction of sp³-hybridized carbons (Fsp3) is 0.273. The number of amides is 1. The first-order valence-electron chi connectivity index (χ1n) is 5.40. The van der Waals surface area contributed by atoms with Crippen LogP contribution in [0, 0.1) is 0 Å². The molecule has 1 aromatic carbocycles. The summed E-state index contributed by atoms with van der Waals surface area (Å²) in [6.45, 7) is 0. The maximum absolute atomic E-state index is 12.3. The molecule has 2 aliphatic rings. The molecule has 0 saturated carbocycles. The number of rotatable bonds is 1. The van der Waals surface area contributed by atoms with Gasteiger partial charge in [0.1, 0.15) is 5.75 Å². The van der Waals surface area contributed by atoms with E-state index in [-0.39, 0.29) is 5.91 Å². The number of thiocarbonyl (C=S) groups is 1. The third kappa shape index (κ3) is 1.20. The second-order valence-corrected chi connectivity index (χ2v) is 4.58. The summed E-state index contributed by atoms with van der Waals surface area (Å²) in [5.41, 5.74) is 6.32. The minimum Gasteiger partial charge on any atom is -0.497 e. The number of carbonyl (C=O) groups is 1.